The molecule has 0 radical (unpaired) electrons. The van der Waals surface area contributed by atoms with Crippen LogP contribution < -0.4 is 5.32 Å². The largest absolute Gasteiger partial charge is 0.346 e. The Bertz CT molecular complexity index is 910. The molecule has 0 bridgehead atoms. The summed E-state index contributed by atoms with van der Waals surface area (Å²) in [5, 5.41) is 21.7. The zero-order valence-electron chi connectivity index (χ0n) is 13.3. The van der Waals surface area contributed by atoms with Crippen molar-refractivity contribution in [2.75, 3.05) is 5.75 Å². The second-order valence-corrected chi connectivity index (χ2v) is 6.36. The summed E-state index contributed by atoms with van der Waals surface area (Å²) in [6, 6.07) is 11.4. The van der Waals surface area contributed by atoms with Crippen molar-refractivity contribution in [2.45, 2.75) is 17.9 Å². The van der Waals surface area contributed by atoms with Crippen molar-refractivity contribution < 1.29 is 9.72 Å². The third-order valence-corrected chi connectivity index (χ3v) is 4.53. The Kier molecular flexibility index (Phi) is 4.94. The molecule has 8 nitrogen and oxygen atoms in total. The van der Waals surface area contributed by atoms with Crippen molar-refractivity contribution in [2.24, 2.45) is 0 Å². The van der Waals surface area contributed by atoms with Crippen molar-refractivity contribution in [3.8, 4) is 0 Å². The van der Waals surface area contributed by atoms with Crippen LogP contribution in [-0.2, 0) is 4.79 Å². The van der Waals surface area contributed by atoms with Crippen molar-refractivity contribution in [3.63, 3.8) is 0 Å². The van der Waals surface area contributed by atoms with Crippen LogP contribution in [0.15, 0.2) is 53.6 Å². The van der Waals surface area contributed by atoms with Crippen LogP contribution in [0.5, 0.6) is 0 Å². The highest BCUT2D eigenvalue weighted by Crippen LogP contribution is 2.21. The molecule has 0 spiro atoms. The summed E-state index contributed by atoms with van der Waals surface area (Å²) in [6.45, 7) is 1.85. The van der Waals surface area contributed by atoms with Gasteiger partial charge in [0.1, 0.15) is 0 Å². The van der Waals surface area contributed by atoms with Crippen LogP contribution in [0.1, 0.15) is 18.8 Å². The molecule has 1 atom stereocenters. The van der Waals surface area contributed by atoms with Gasteiger partial charge in [0.15, 0.2) is 11.5 Å². The van der Waals surface area contributed by atoms with Gasteiger partial charge < -0.3 is 5.32 Å². The molecule has 3 rings (SSSR count). The molecule has 128 valence electrons. The molecule has 0 aliphatic rings. The van der Waals surface area contributed by atoms with Crippen molar-refractivity contribution in [1.82, 2.24) is 19.9 Å². The minimum atomic E-state index is -0.453. The predicted octanol–water partition coefficient (Wildman–Crippen LogP) is 2.61. The summed E-state index contributed by atoms with van der Waals surface area (Å²) < 4.78 is 1.83. The summed E-state index contributed by atoms with van der Waals surface area (Å²) in [5.74, 6) is 0.714. The molecule has 2 heterocycles. The number of nitrogens with one attached hydrogen (secondary N) is 1. The lowest BCUT2D eigenvalue weighted by atomic mass is 10.3. The number of rotatable bonds is 6. The average molecular weight is 357 g/mol. The first-order valence-electron chi connectivity index (χ1n) is 7.51. The fraction of sp³-hybridized carbons (Fsp3) is 0.188. The Morgan fingerprint density at radius 3 is 2.76 bits per heavy atom. The zero-order chi connectivity index (χ0) is 17.8. The van der Waals surface area contributed by atoms with Gasteiger partial charge >= 0.3 is 0 Å². The molecular weight excluding hydrogens is 342 g/mol. The fourth-order valence-corrected chi connectivity index (χ4v) is 3.03. The number of non-ortho nitro benzene ring substituents is 1. The monoisotopic (exact) mass is 357 g/mol. The van der Waals surface area contributed by atoms with Crippen LogP contribution in [0.2, 0.25) is 0 Å². The lowest BCUT2D eigenvalue weighted by molar-refractivity contribution is -0.384. The fourth-order valence-electron chi connectivity index (χ4n) is 2.32. The molecule has 1 unspecified atom stereocenters. The van der Waals surface area contributed by atoms with Gasteiger partial charge in [-0.25, -0.2) is 0 Å². The van der Waals surface area contributed by atoms with E-state index in [0.29, 0.717) is 5.82 Å². The van der Waals surface area contributed by atoms with E-state index in [1.165, 1.54) is 23.9 Å². The van der Waals surface area contributed by atoms with Crippen LogP contribution >= 0.6 is 11.8 Å². The molecule has 0 aliphatic heterocycles. The molecule has 0 aliphatic carbocycles. The molecular formula is C16H15N5O3S. The second kappa shape index (κ2) is 7.31. The number of hydrogen-bond acceptors (Lipinski definition) is 6. The van der Waals surface area contributed by atoms with Gasteiger partial charge in [-0.15, -0.1) is 22.0 Å². The number of carbonyl (C=O) groups excluding carboxylic acids is 1. The lowest BCUT2D eigenvalue weighted by Crippen LogP contribution is -2.29. The van der Waals surface area contributed by atoms with Crippen molar-refractivity contribution in [1.29, 1.82) is 0 Å². The van der Waals surface area contributed by atoms with Crippen LogP contribution in [-0.4, -0.2) is 31.2 Å². The van der Waals surface area contributed by atoms with Crippen LogP contribution in [0.4, 0.5) is 5.69 Å². The van der Waals surface area contributed by atoms with Gasteiger partial charge in [0.25, 0.3) is 5.69 Å². The molecule has 9 heteroatoms. The summed E-state index contributed by atoms with van der Waals surface area (Å²) in [7, 11) is 0. The van der Waals surface area contributed by atoms with Gasteiger partial charge in [-0.2, -0.15) is 0 Å². The van der Waals surface area contributed by atoms with E-state index in [2.05, 4.69) is 15.5 Å². The Morgan fingerprint density at radius 2 is 2.04 bits per heavy atom. The van der Waals surface area contributed by atoms with Gasteiger partial charge in [-0.05, 0) is 31.2 Å². The van der Waals surface area contributed by atoms with Gasteiger partial charge in [-0.3, -0.25) is 19.3 Å². The number of hydrogen-bond donors (Lipinski definition) is 1. The maximum atomic E-state index is 12.1. The second-order valence-electron chi connectivity index (χ2n) is 5.32. The summed E-state index contributed by atoms with van der Waals surface area (Å²) >= 11 is 1.31. The van der Waals surface area contributed by atoms with E-state index in [4.69, 9.17) is 0 Å². The van der Waals surface area contributed by atoms with E-state index in [1.54, 1.807) is 12.1 Å². The first-order chi connectivity index (χ1) is 12.0. The molecule has 1 N–H and O–H groups in total. The van der Waals surface area contributed by atoms with E-state index >= 15 is 0 Å². The van der Waals surface area contributed by atoms with Gasteiger partial charge in [0.2, 0.25) is 5.91 Å². The summed E-state index contributed by atoms with van der Waals surface area (Å²) in [5.41, 5.74) is 0.750. The summed E-state index contributed by atoms with van der Waals surface area (Å²) in [4.78, 5) is 23.1. The van der Waals surface area contributed by atoms with Crippen LogP contribution in [0.25, 0.3) is 5.65 Å². The number of thioether (sulfide) groups is 1. The standard InChI is InChI=1S/C16H15N5O3S/c1-11(16-19-18-14-4-2-3-9-20(14)16)17-15(22)10-25-13-7-5-12(6-8-13)21(23)24/h2-9,11H,10H2,1H3,(H,17,22). The lowest BCUT2D eigenvalue weighted by Gasteiger charge is -2.12. The number of amides is 1. The highest BCUT2D eigenvalue weighted by molar-refractivity contribution is 8.00. The van der Waals surface area contributed by atoms with Crippen molar-refractivity contribution >= 4 is 29.0 Å². The van der Waals surface area contributed by atoms with E-state index < -0.39 is 4.92 Å². The van der Waals surface area contributed by atoms with E-state index in [0.717, 1.165) is 10.5 Å². The maximum absolute atomic E-state index is 12.1. The number of aromatic nitrogens is 3. The van der Waals surface area contributed by atoms with Crippen molar-refractivity contribution in [3.05, 3.63) is 64.6 Å². The maximum Gasteiger partial charge on any atom is 0.269 e. The first kappa shape index (κ1) is 16.9. The molecule has 0 fully saturated rings. The SMILES string of the molecule is CC(NC(=O)CSc1ccc([N+](=O)[O-])cc1)c1nnc2ccccn12. The molecule has 2 aromatic heterocycles. The number of nitro benzene ring substituents is 1. The Labute approximate surface area is 147 Å². The molecule has 3 aromatic rings. The minimum Gasteiger partial charge on any atom is -0.346 e. The minimum absolute atomic E-state index is 0.0288. The van der Waals surface area contributed by atoms with Gasteiger partial charge in [0, 0.05) is 23.2 Å². The zero-order valence-corrected chi connectivity index (χ0v) is 14.1. The number of nitro groups is 1. The van der Waals surface area contributed by atoms with Gasteiger partial charge in [-0.1, -0.05) is 6.07 Å². The van der Waals surface area contributed by atoms with Crippen LogP contribution in [0, 0.1) is 10.1 Å². The molecule has 1 amide bonds. The molecule has 0 saturated carbocycles. The van der Waals surface area contributed by atoms with E-state index in [9.17, 15) is 14.9 Å². The topological polar surface area (TPSA) is 102 Å². The van der Waals surface area contributed by atoms with E-state index in [1.807, 2.05) is 35.7 Å². The quantitative estimate of drug-likeness (QED) is 0.413. The Balaban J connectivity index is 1.57. The number of carbonyl (C=O) groups is 1. The third-order valence-electron chi connectivity index (χ3n) is 3.52. The Morgan fingerprint density at radius 1 is 1.28 bits per heavy atom. The number of pyridine rings is 1. The number of benzene rings is 1. The average Bonchev–Trinajstić information content (AvgIpc) is 3.04. The predicted molar refractivity (Wildman–Crippen MR) is 93.4 cm³/mol. The molecule has 0 saturated heterocycles. The third kappa shape index (κ3) is 3.94. The Hall–Kier alpha value is -2.94. The smallest absolute Gasteiger partial charge is 0.269 e. The number of nitrogens with zero attached hydrogens (tertiary/aromatic N) is 4. The molecule has 25 heavy (non-hydrogen) atoms. The van der Waals surface area contributed by atoms with E-state index in [-0.39, 0.29) is 23.4 Å². The van der Waals surface area contributed by atoms with Gasteiger partial charge in [0.05, 0.1) is 16.7 Å². The summed E-state index contributed by atoms with van der Waals surface area (Å²) in [6.07, 6.45) is 1.85. The van der Waals surface area contributed by atoms with Crippen LogP contribution in [0.3, 0.4) is 0 Å². The highest BCUT2D eigenvalue weighted by Gasteiger charge is 2.15. The normalized spacial score (nSPS) is 12.0. The molecule has 1 aromatic carbocycles. The highest BCUT2D eigenvalue weighted by atomic mass is 32.2. The first-order valence-corrected chi connectivity index (χ1v) is 8.49. The number of fused-ring (bicyclic) bond motifs is 1.